The summed E-state index contributed by atoms with van der Waals surface area (Å²) in [6, 6.07) is 16.7. The van der Waals surface area contributed by atoms with E-state index in [-0.39, 0.29) is 22.9 Å². The Kier molecular flexibility index (Phi) is 7.40. The summed E-state index contributed by atoms with van der Waals surface area (Å²) in [5.41, 5.74) is 2.96. The molecule has 0 unspecified atom stereocenters. The number of amides is 1. The zero-order valence-electron chi connectivity index (χ0n) is 23.6. The number of anilines is 1. The molecule has 4 aromatic rings. The fourth-order valence-corrected chi connectivity index (χ4v) is 7.71. The molecule has 1 amide bonds. The summed E-state index contributed by atoms with van der Waals surface area (Å²) in [6.45, 7) is 1.44. The zero-order valence-corrected chi connectivity index (χ0v) is 25.1. The van der Waals surface area contributed by atoms with E-state index in [1.54, 1.807) is 48.5 Å². The lowest BCUT2D eigenvalue weighted by Gasteiger charge is -2.38. The van der Waals surface area contributed by atoms with Crippen LogP contribution >= 0.6 is 23.2 Å². The molecule has 7 rings (SSSR count). The van der Waals surface area contributed by atoms with Crippen LogP contribution in [0.25, 0.3) is 11.0 Å². The van der Waals surface area contributed by atoms with Gasteiger partial charge < -0.3 is 14.6 Å². The fourth-order valence-electron chi connectivity index (χ4n) is 7.34. The van der Waals surface area contributed by atoms with Crippen LogP contribution < -0.4 is 5.32 Å². The van der Waals surface area contributed by atoms with Crippen molar-refractivity contribution in [2.24, 2.45) is 5.92 Å². The monoisotopic (exact) mass is 620 g/mol. The Morgan fingerprint density at radius 1 is 1.05 bits per heavy atom. The lowest BCUT2D eigenvalue weighted by Crippen LogP contribution is -2.48. The first-order valence-electron chi connectivity index (χ1n) is 14.7. The van der Waals surface area contributed by atoms with Crippen molar-refractivity contribution in [3.63, 3.8) is 0 Å². The van der Waals surface area contributed by atoms with Crippen LogP contribution in [0, 0.1) is 11.7 Å². The first-order chi connectivity index (χ1) is 20.8. The smallest absolute Gasteiger partial charge is 0.337 e. The average molecular weight is 622 g/mol. The van der Waals surface area contributed by atoms with Gasteiger partial charge in [0.25, 0.3) is 0 Å². The van der Waals surface area contributed by atoms with Gasteiger partial charge in [-0.3, -0.25) is 9.69 Å². The van der Waals surface area contributed by atoms with Gasteiger partial charge in [0.1, 0.15) is 11.6 Å². The summed E-state index contributed by atoms with van der Waals surface area (Å²) >= 11 is 12.6. The van der Waals surface area contributed by atoms with E-state index >= 15 is 4.39 Å². The van der Waals surface area contributed by atoms with Gasteiger partial charge in [-0.15, -0.1) is 0 Å². The number of ether oxygens (including phenoxy) is 1. The third-order valence-electron chi connectivity index (χ3n) is 9.47. The van der Waals surface area contributed by atoms with Gasteiger partial charge in [-0.1, -0.05) is 47.8 Å². The van der Waals surface area contributed by atoms with Crippen LogP contribution in [-0.2, 0) is 16.1 Å². The van der Waals surface area contributed by atoms with Crippen LogP contribution in [0.1, 0.15) is 59.3 Å². The number of halogens is 3. The van der Waals surface area contributed by atoms with E-state index in [1.807, 2.05) is 6.07 Å². The number of nitrogens with zero attached hydrogens (tertiary/aromatic N) is 3. The molecule has 1 aromatic heterocycles. The molecule has 7 nitrogen and oxygen atoms in total. The molecule has 2 aliphatic heterocycles. The summed E-state index contributed by atoms with van der Waals surface area (Å²) in [5, 5.41) is 3.62. The van der Waals surface area contributed by atoms with Crippen molar-refractivity contribution in [3.05, 3.63) is 93.5 Å². The van der Waals surface area contributed by atoms with Crippen molar-refractivity contribution in [1.29, 1.82) is 0 Å². The standard InChI is InChI=1S/C33H31Cl2FN4O3/c1-43-33(42)19-11-12-25-24(15-19)38-31-28-26(13-14-39(25)31)40(17-18-5-2-6-18)30(27(28)22-9-4-10-23(35)29(22)36)32(41)37-21-8-3-7-20(34)16-21/h3-4,7-12,15-16,18,26-28,30H,2,5-6,13-14,17H2,1H3,(H,37,41)/t26-,27-,28+,30+/m0/s1. The molecule has 0 radical (unpaired) electrons. The molecule has 43 heavy (non-hydrogen) atoms. The molecule has 1 aliphatic carbocycles. The number of hydrogen-bond donors (Lipinski definition) is 1. The fraction of sp³-hybridized carbons (Fsp3) is 0.364. The number of hydrogen-bond acceptors (Lipinski definition) is 5. The van der Waals surface area contributed by atoms with Gasteiger partial charge in [0.15, 0.2) is 0 Å². The second kappa shape index (κ2) is 11.2. The number of aromatic nitrogens is 2. The van der Waals surface area contributed by atoms with Crippen LogP contribution in [0.2, 0.25) is 10.0 Å². The van der Waals surface area contributed by atoms with Crippen LogP contribution in [0.3, 0.4) is 0 Å². The van der Waals surface area contributed by atoms with Gasteiger partial charge in [-0.05, 0) is 73.2 Å². The molecule has 3 heterocycles. The van der Waals surface area contributed by atoms with Gasteiger partial charge in [0.05, 0.1) is 34.8 Å². The Labute approximate surface area is 258 Å². The van der Waals surface area contributed by atoms with E-state index in [1.165, 1.54) is 19.6 Å². The van der Waals surface area contributed by atoms with Gasteiger partial charge >= 0.3 is 5.97 Å². The normalized spacial score (nSPS) is 23.4. The number of imidazole rings is 1. The highest BCUT2D eigenvalue weighted by molar-refractivity contribution is 6.31. The Morgan fingerprint density at radius 3 is 2.60 bits per heavy atom. The van der Waals surface area contributed by atoms with E-state index in [0.29, 0.717) is 39.8 Å². The van der Waals surface area contributed by atoms with E-state index in [4.69, 9.17) is 32.9 Å². The van der Waals surface area contributed by atoms with Gasteiger partial charge in [-0.25, -0.2) is 14.2 Å². The van der Waals surface area contributed by atoms with Crippen molar-refractivity contribution in [3.8, 4) is 0 Å². The van der Waals surface area contributed by atoms with Crippen LogP contribution in [0.5, 0.6) is 0 Å². The third-order valence-corrected chi connectivity index (χ3v) is 9.99. The summed E-state index contributed by atoms with van der Waals surface area (Å²) in [5.74, 6) is -0.737. The topological polar surface area (TPSA) is 76.5 Å². The molecule has 0 spiro atoms. The number of fused-ring (bicyclic) bond motifs is 5. The van der Waals surface area contributed by atoms with Crippen molar-refractivity contribution < 1.29 is 18.7 Å². The van der Waals surface area contributed by atoms with Crippen LogP contribution in [0.4, 0.5) is 10.1 Å². The zero-order chi connectivity index (χ0) is 29.8. The first kappa shape index (κ1) is 28.3. The molecule has 3 aliphatic rings. The summed E-state index contributed by atoms with van der Waals surface area (Å²) in [7, 11) is 1.35. The lowest BCUT2D eigenvalue weighted by atomic mass is 9.78. The maximum absolute atomic E-state index is 16.0. The quantitative estimate of drug-likeness (QED) is 0.234. The van der Waals surface area contributed by atoms with Crippen LogP contribution in [-0.4, -0.2) is 52.1 Å². The predicted octanol–water partition coefficient (Wildman–Crippen LogP) is 7.03. The number of carbonyl (C=O) groups excluding carboxylic acids is 2. The van der Waals surface area contributed by atoms with E-state index in [2.05, 4.69) is 14.8 Å². The molecule has 0 bridgehead atoms. The highest BCUT2D eigenvalue weighted by Crippen LogP contribution is 2.53. The second-order valence-corrected chi connectivity index (χ2v) is 12.6. The molecule has 222 valence electrons. The molecule has 1 saturated carbocycles. The Bertz CT molecular complexity index is 1740. The molecule has 3 aromatic carbocycles. The predicted molar refractivity (Wildman–Crippen MR) is 164 cm³/mol. The molecular weight excluding hydrogens is 590 g/mol. The average Bonchev–Trinajstić information content (AvgIpc) is 3.51. The highest BCUT2D eigenvalue weighted by atomic mass is 35.5. The Balaban J connectivity index is 1.39. The number of methoxy groups -OCH3 is 1. The van der Waals surface area contributed by atoms with Crippen LogP contribution in [0.15, 0.2) is 60.7 Å². The third kappa shape index (κ3) is 4.89. The maximum atomic E-state index is 16.0. The number of nitrogens with one attached hydrogen (secondary N) is 1. The molecule has 10 heteroatoms. The summed E-state index contributed by atoms with van der Waals surface area (Å²) in [4.78, 5) is 34.0. The second-order valence-electron chi connectivity index (χ2n) is 11.8. The van der Waals surface area contributed by atoms with Crippen molar-refractivity contribution in [1.82, 2.24) is 14.5 Å². The number of aryl methyl sites for hydroxylation is 1. The van der Waals surface area contributed by atoms with Crippen molar-refractivity contribution in [2.75, 3.05) is 19.0 Å². The van der Waals surface area contributed by atoms with E-state index < -0.39 is 23.7 Å². The number of likely N-dealkylation sites (tertiary alicyclic amines) is 1. The largest absolute Gasteiger partial charge is 0.465 e. The number of benzene rings is 3. The summed E-state index contributed by atoms with van der Waals surface area (Å²) < 4.78 is 23.1. The van der Waals surface area contributed by atoms with Crippen molar-refractivity contribution in [2.45, 2.75) is 56.1 Å². The van der Waals surface area contributed by atoms with Gasteiger partial charge in [-0.2, -0.15) is 0 Å². The minimum absolute atomic E-state index is 0.0209. The minimum Gasteiger partial charge on any atom is -0.465 e. The van der Waals surface area contributed by atoms with E-state index in [9.17, 15) is 9.59 Å². The SMILES string of the molecule is COC(=O)c1ccc2c(c1)nc1n2CC[C@H]2[C@@H]1[C@H](c1cccc(Cl)c1F)[C@H](C(=O)Nc1cccc(Cl)c1)N2CC1CCC1. The Hall–Kier alpha value is -3.46. The Morgan fingerprint density at radius 2 is 1.86 bits per heavy atom. The first-order valence-corrected chi connectivity index (χ1v) is 15.4. The number of rotatable bonds is 6. The molecular formula is C33H31Cl2FN4O3. The van der Waals surface area contributed by atoms with Crippen molar-refractivity contribution >= 4 is 51.8 Å². The molecule has 1 N–H and O–H groups in total. The summed E-state index contributed by atoms with van der Waals surface area (Å²) in [6.07, 6.45) is 4.17. The maximum Gasteiger partial charge on any atom is 0.337 e. The number of esters is 1. The minimum atomic E-state index is -0.667. The molecule has 4 atom stereocenters. The lowest BCUT2D eigenvalue weighted by molar-refractivity contribution is -0.121. The van der Waals surface area contributed by atoms with E-state index in [0.717, 1.165) is 37.1 Å². The number of carbonyl (C=O) groups is 2. The molecule has 1 saturated heterocycles. The molecule has 2 fully saturated rings. The van der Waals surface area contributed by atoms with Gasteiger partial charge in [0, 0.05) is 41.7 Å². The van der Waals surface area contributed by atoms with Gasteiger partial charge in [0.2, 0.25) is 5.91 Å². The highest BCUT2D eigenvalue weighted by Gasteiger charge is 2.56.